The molecule has 7 nitrogen and oxygen atoms in total. The smallest absolute Gasteiger partial charge is 0.227 e. The van der Waals surface area contributed by atoms with Crippen molar-refractivity contribution in [1.82, 2.24) is 14.5 Å². The Hall–Kier alpha value is -1.90. The molecule has 1 aromatic carbocycles. The maximum atomic E-state index is 12.1. The van der Waals surface area contributed by atoms with Gasteiger partial charge in [0.2, 0.25) is 15.0 Å². The van der Waals surface area contributed by atoms with Crippen LogP contribution in [-0.2, 0) is 27.7 Å². The Morgan fingerprint density at radius 1 is 1.24 bits per heavy atom. The van der Waals surface area contributed by atoms with Crippen LogP contribution in [-0.4, -0.2) is 62.0 Å². The summed E-state index contributed by atoms with van der Waals surface area (Å²) < 4.78 is 37.2. The lowest BCUT2D eigenvalue weighted by Gasteiger charge is -2.32. The molecule has 0 amide bonds. The second kappa shape index (κ2) is 9.73. The monoisotopic (exact) mass is 421 g/mol. The van der Waals surface area contributed by atoms with E-state index in [0.717, 1.165) is 43.8 Å². The third-order valence-electron chi connectivity index (χ3n) is 5.18. The number of ether oxygens (including phenoxy) is 2. The molecule has 0 atom stereocenters. The molecular weight excluding hydrogens is 390 g/mol. The number of hydrogen-bond donors (Lipinski definition) is 0. The lowest BCUT2D eigenvalue weighted by molar-refractivity contribution is 0.0951. The van der Waals surface area contributed by atoms with Crippen LogP contribution in [0.5, 0.6) is 5.75 Å². The van der Waals surface area contributed by atoms with Gasteiger partial charge in [-0.15, -0.1) is 0 Å². The van der Waals surface area contributed by atoms with Crippen molar-refractivity contribution >= 4 is 9.84 Å². The minimum Gasteiger partial charge on any atom is -0.490 e. The number of piperidine rings is 1. The normalized spacial score (nSPS) is 16.2. The van der Waals surface area contributed by atoms with Crippen LogP contribution in [0.25, 0.3) is 0 Å². The predicted octanol–water partition coefficient (Wildman–Crippen LogP) is 2.67. The molecule has 0 bridgehead atoms. The Bertz CT molecular complexity index is 902. The van der Waals surface area contributed by atoms with Gasteiger partial charge in [0.15, 0.2) is 0 Å². The Morgan fingerprint density at radius 3 is 2.66 bits per heavy atom. The van der Waals surface area contributed by atoms with Gasteiger partial charge in [0.25, 0.3) is 0 Å². The van der Waals surface area contributed by atoms with Crippen LogP contribution in [0, 0.1) is 6.92 Å². The molecule has 160 valence electrons. The Labute approximate surface area is 173 Å². The number of methoxy groups -OCH3 is 1. The van der Waals surface area contributed by atoms with E-state index in [1.54, 1.807) is 13.3 Å². The maximum Gasteiger partial charge on any atom is 0.227 e. The lowest BCUT2D eigenvalue weighted by atomic mass is 10.1. The van der Waals surface area contributed by atoms with Gasteiger partial charge in [0.05, 0.1) is 11.9 Å². The van der Waals surface area contributed by atoms with Crippen LogP contribution >= 0.6 is 0 Å². The number of imidazole rings is 1. The summed E-state index contributed by atoms with van der Waals surface area (Å²) in [5, 5.41) is 0.140. The molecular formula is C21H31N3O4S. The number of likely N-dealkylation sites (tertiary alicyclic amines) is 1. The van der Waals surface area contributed by atoms with Crippen molar-refractivity contribution in [1.29, 1.82) is 0 Å². The van der Waals surface area contributed by atoms with Crippen molar-refractivity contribution in [2.75, 3.05) is 33.1 Å². The quantitative estimate of drug-likeness (QED) is 0.580. The number of rotatable bonds is 9. The fourth-order valence-electron chi connectivity index (χ4n) is 3.72. The molecule has 0 N–H and O–H groups in total. The van der Waals surface area contributed by atoms with Crippen LogP contribution in [0.1, 0.15) is 30.5 Å². The van der Waals surface area contributed by atoms with E-state index in [9.17, 15) is 8.42 Å². The van der Waals surface area contributed by atoms with E-state index in [1.807, 2.05) is 16.7 Å². The van der Waals surface area contributed by atoms with Crippen molar-refractivity contribution in [3.8, 4) is 5.75 Å². The molecule has 0 unspecified atom stereocenters. The first-order valence-corrected chi connectivity index (χ1v) is 11.9. The minimum atomic E-state index is -3.37. The van der Waals surface area contributed by atoms with E-state index in [1.165, 1.54) is 11.8 Å². The van der Waals surface area contributed by atoms with Crippen molar-refractivity contribution in [2.45, 2.75) is 50.5 Å². The summed E-state index contributed by atoms with van der Waals surface area (Å²) in [6, 6.07) is 8.15. The second-order valence-electron chi connectivity index (χ2n) is 7.71. The van der Waals surface area contributed by atoms with Crippen molar-refractivity contribution in [3.63, 3.8) is 0 Å². The van der Waals surface area contributed by atoms with Crippen LogP contribution in [0.15, 0.2) is 35.6 Å². The first kappa shape index (κ1) is 21.8. The summed E-state index contributed by atoms with van der Waals surface area (Å²) in [5.74, 6) is 0.928. The van der Waals surface area contributed by atoms with E-state index in [0.29, 0.717) is 19.7 Å². The molecule has 8 heteroatoms. The van der Waals surface area contributed by atoms with E-state index >= 15 is 0 Å². The summed E-state index contributed by atoms with van der Waals surface area (Å²) in [4.78, 5) is 6.53. The third-order valence-corrected chi connectivity index (χ3v) is 6.17. The molecule has 1 aliphatic heterocycles. The first-order chi connectivity index (χ1) is 13.9. The molecule has 1 aromatic heterocycles. The zero-order valence-corrected chi connectivity index (χ0v) is 18.3. The van der Waals surface area contributed by atoms with Gasteiger partial charge >= 0.3 is 0 Å². The number of aryl methyl sites for hydroxylation is 1. The Balaban J connectivity index is 1.60. The Morgan fingerprint density at radius 2 is 2.00 bits per heavy atom. The van der Waals surface area contributed by atoms with E-state index < -0.39 is 9.84 Å². The van der Waals surface area contributed by atoms with Crippen LogP contribution in [0.2, 0.25) is 0 Å². The number of hydrogen-bond acceptors (Lipinski definition) is 6. The lowest BCUT2D eigenvalue weighted by Crippen LogP contribution is -2.38. The first-order valence-electron chi connectivity index (χ1n) is 10.1. The van der Waals surface area contributed by atoms with Gasteiger partial charge < -0.3 is 14.0 Å². The average Bonchev–Trinajstić information content (AvgIpc) is 3.07. The second-order valence-corrected chi connectivity index (χ2v) is 9.62. The van der Waals surface area contributed by atoms with Gasteiger partial charge in [-0.1, -0.05) is 12.1 Å². The molecule has 2 aromatic rings. The van der Waals surface area contributed by atoms with Gasteiger partial charge in [-0.2, -0.15) is 0 Å². The Kier molecular flexibility index (Phi) is 7.32. The van der Waals surface area contributed by atoms with Crippen molar-refractivity contribution < 1.29 is 17.9 Å². The topological polar surface area (TPSA) is 73.7 Å². The minimum absolute atomic E-state index is 0.140. The van der Waals surface area contributed by atoms with Crippen molar-refractivity contribution in [2.24, 2.45) is 0 Å². The predicted molar refractivity (Wildman–Crippen MR) is 112 cm³/mol. The van der Waals surface area contributed by atoms with E-state index in [4.69, 9.17) is 9.47 Å². The molecule has 2 heterocycles. The number of benzene rings is 1. The molecule has 3 rings (SSSR count). The SMILES string of the molecule is COCCCn1c(CN2CCC(Oc3cccc(C)c3)CC2)cnc1S(C)(=O)=O. The fraction of sp³-hybridized carbons (Fsp3) is 0.571. The largest absolute Gasteiger partial charge is 0.490 e. The summed E-state index contributed by atoms with van der Waals surface area (Å²) in [5.41, 5.74) is 2.13. The van der Waals surface area contributed by atoms with Gasteiger partial charge in [0, 0.05) is 46.2 Å². The number of sulfone groups is 1. The van der Waals surface area contributed by atoms with Crippen LogP contribution in [0.4, 0.5) is 0 Å². The zero-order chi connectivity index (χ0) is 20.9. The molecule has 29 heavy (non-hydrogen) atoms. The van der Waals surface area contributed by atoms with E-state index in [-0.39, 0.29) is 11.3 Å². The molecule has 0 aliphatic carbocycles. The molecule has 1 saturated heterocycles. The highest BCUT2D eigenvalue weighted by Crippen LogP contribution is 2.22. The molecule has 1 aliphatic rings. The van der Waals surface area contributed by atoms with Crippen LogP contribution < -0.4 is 4.74 Å². The highest BCUT2D eigenvalue weighted by molar-refractivity contribution is 7.90. The molecule has 0 radical (unpaired) electrons. The van der Waals surface area contributed by atoms with Gasteiger partial charge in [-0.05, 0) is 43.9 Å². The number of nitrogens with zero attached hydrogens (tertiary/aromatic N) is 3. The molecule has 0 spiro atoms. The fourth-order valence-corrected chi connectivity index (χ4v) is 4.57. The number of aromatic nitrogens is 2. The van der Waals surface area contributed by atoms with Gasteiger partial charge in [-0.25, -0.2) is 13.4 Å². The zero-order valence-electron chi connectivity index (χ0n) is 17.5. The van der Waals surface area contributed by atoms with Gasteiger partial charge in [0.1, 0.15) is 11.9 Å². The summed E-state index contributed by atoms with van der Waals surface area (Å²) in [6.45, 7) is 5.74. The van der Waals surface area contributed by atoms with Crippen molar-refractivity contribution in [3.05, 3.63) is 41.7 Å². The standard InChI is InChI=1S/C21H31N3O4S/c1-17-6-4-7-20(14-17)28-19-8-11-23(12-9-19)16-18-15-22-21(29(3,25)26)24(18)10-5-13-27-2/h4,6-7,14-15,19H,5,8-13,16H2,1-3H3. The molecule has 0 saturated carbocycles. The van der Waals surface area contributed by atoms with Crippen LogP contribution in [0.3, 0.4) is 0 Å². The maximum absolute atomic E-state index is 12.1. The summed E-state index contributed by atoms with van der Waals surface area (Å²) in [6.07, 6.45) is 5.76. The van der Waals surface area contributed by atoms with Gasteiger partial charge in [-0.3, -0.25) is 4.90 Å². The summed E-state index contributed by atoms with van der Waals surface area (Å²) in [7, 11) is -1.72. The molecule has 1 fully saturated rings. The van der Waals surface area contributed by atoms with E-state index in [2.05, 4.69) is 28.9 Å². The highest BCUT2D eigenvalue weighted by atomic mass is 32.2. The summed E-state index contributed by atoms with van der Waals surface area (Å²) >= 11 is 0. The highest BCUT2D eigenvalue weighted by Gasteiger charge is 2.24. The third kappa shape index (κ3) is 6.04. The average molecular weight is 422 g/mol.